The minimum atomic E-state index is -0.419. The molecule has 0 unspecified atom stereocenters. The molecule has 27 heavy (non-hydrogen) atoms. The van der Waals surface area contributed by atoms with E-state index >= 15 is 0 Å². The highest BCUT2D eigenvalue weighted by atomic mass is 32.1. The third-order valence-electron chi connectivity index (χ3n) is 3.82. The molecule has 0 radical (unpaired) electrons. The van der Waals surface area contributed by atoms with Crippen molar-refractivity contribution in [3.63, 3.8) is 0 Å². The van der Waals surface area contributed by atoms with Gasteiger partial charge in [0.05, 0.1) is 24.7 Å². The Morgan fingerprint density at radius 1 is 1.07 bits per heavy atom. The van der Waals surface area contributed by atoms with Gasteiger partial charge >= 0.3 is 11.9 Å². The summed E-state index contributed by atoms with van der Waals surface area (Å²) < 4.78 is 15.7. The molecule has 0 amide bonds. The lowest BCUT2D eigenvalue weighted by Gasteiger charge is -2.08. The van der Waals surface area contributed by atoms with Gasteiger partial charge in [-0.2, -0.15) is 4.98 Å². The number of methoxy groups -OCH3 is 1. The van der Waals surface area contributed by atoms with Gasteiger partial charge in [0.2, 0.25) is 5.88 Å². The van der Waals surface area contributed by atoms with E-state index in [9.17, 15) is 9.59 Å². The number of benzene rings is 1. The van der Waals surface area contributed by atoms with Gasteiger partial charge in [0.1, 0.15) is 21.3 Å². The zero-order chi connectivity index (χ0) is 19.6. The van der Waals surface area contributed by atoms with E-state index in [1.54, 1.807) is 45.0 Å². The average Bonchev–Trinajstić information content (AvgIpc) is 2.98. The Labute approximate surface area is 159 Å². The van der Waals surface area contributed by atoms with E-state index < -0.39 is 5.97 Å². The second-order valence-corrected chi connectivity index (χ2v) is 6.65. The second kappa shape index (κ2) is 7.71. The Bertz CT molecular complexity index is 1010. The molecule has 140 valence electrons. The first-order valence-electron chi connectivity index (χ1n) is 8.25. The van der Waals surface area contributed by atoms with Crippen molar-refractivity contribution in [1.82, 2.24) is 9.97 Å². The SMILES string of the molecule is CCOC(=O)c1ccc(Oc2nc(C)nc3sc(C(=O)OC)c(C)c23)cc1. The molecule has 3 aromatic rings. The highest BCUT2D eigenvalue weighted by Crippen LogP contribution is 2.37. The third kappa shape index (κ3) is 3.75. The number of rotatable bonds is 5. The van der Waals surface area contributed by atoms with Crippen molar-refractivity contribution in [3.8, 4) is 11.6 Å². The van der Waals surface area contributed by atoms with Crippen LogP contribution in [-0.2, 0) is 9.47 Å². The molecule has 0 saturated heterocycles. The predicted octanol–water partition coefficient (Wildman–Crippen LogP) is 4.06. The van der Waals surface area contributed by atoms with Gasteiger partial charge in [-0.25, -0.2) is 14.6 Å². The predicted molar refractivity (Wildman–Crippen MR) is 101 cm³/mol. The summed E-state index contributed by atoms with van der Waals surface area (Å²) in [4.78, 5) is 33.6. The van der Waals surface area contributed by atoms with E-state index in [1.807, 2.05) is 0 Å². The van der Waals surface area contributed by atoms with Gasteiger partial charge in [0.25, 0.3) is 0 Å². The molecule has 3 rings (SSSR count). The number of fused-ring (bicyclic) bond motifs is 1. The largest absolute Gasteiger partial charge is 0.465 e. The van der Waals surface area contributed by atoms with Crippen LogP contribution in [0.15, 0.2) is 24.3 Å². The van der Waals surface area contributed by atoms with Crippen molar-refractivity contribution < 1.29 is 23.8 Å². The van der Waals surface area contributed by atoms with Gasteiger partial charge in [0.15, 0.2) is 0 Å². The van der Waals surface area contributed by atoms with Gasteiger partial charge < -0.3 is 14.2 Å². The number of hydrogen-bond acceptors (Lipinski definition) is 8. The van der Waals surface area contributed by atoms with E-state index in [-0.39, 0.29) is 5.97 Å². The molecule has 0 aliphatic carbocycles. The normalized spacial score (nSPS) is 10.7. The summed E-state index contributed by atoms with van der Waals surface area (Å²) in [6, 6.07) is 6.58. The zero-order valence-electron chi connectivity index (χ0n) is 15.4. The monoisotopic (exact) mass is 386 g/mol. The van der Waals surface area contributed by atoms with Gasteiger partial charge in [-0.3, -0.25) is 0 Å². The first-order valence-corrected chi connectivity index (χ1v) is 9.07. The van der Waals surface area contributed by atoms with E-state index in [0.29, 0.717) is 50.3 Å². The number of ether oxygens (including phenoxy) is 3. The number of esters is 2. The number of carbonyl (C=O) groups is 2. The quantitative estimate of drug-likeness (QED) is 0.611. The summed E-state index contributed by atoms with van der Waals surface area (Å²) in [7, 11) is 1.34. The highest BCUT2D eigenvalue weighted by molar-refractivity contribution is 7.20. The zero-order valence-corrected chi connectivity index (χ0v) is 16.2. The lowest BCUT2D eigenvalue weighted by Crippen LogP contribution is -2.04. The standard InChI is InChI=1S/C19H18N2O5S/c1-5-25-18(22)12-6-8-13(9-7-12)26-16-14-10(2)15(19(23)24-4)27-17(14)21-11(3)20-16/h6-9H,5H2,1-4H3. The van der Waals surface area contributed by atoms with E-state index in [1.165, 1.54) is 18.4 Å². The maximum Gasteiger partial charge on any atom is 0.348 e. The Morgan fingerprint density at radius 3 is 2.41 bits per heavy atom. The Balaban J connectivity index is 1.98. The van der Waals surface area contributed by atoms with Crippen LogP contribution in [0.5, 0.6) is 11.6 Å². The maximum atomic E-state index is 12.0. The molecule has 2 aromatic heterocycles. The molecule has 0 N–H and O–H groups in total. The summed E-state index contributed by atoms with van der Waals surface area (Å²) in [6.45, 7) is 5.63. The highest BCUT2D eigenvalue weighted by Gasteiger charge is 2.21. The van der Waals surface area contributed by atoms with E-state index in [2.05, 4.69) is 9.97 Å². The van der Waals surface area contributed by atoms with Crippen LogP contribution in [0.4, 0.5) is 0 Å². The van der Waals surface area contributed by atoms with Crippen LogP contribution in [0.1, 0.15) is 38.3 Å². The first-order chi connectivity index (χ1) is 12.9. The van der Waals surface area contributed by atoms with Crippen LogP contribution in [-0.4, -0.2) is 35.6 Å². The van der Waals surface area contributed by atoms with Crippen LogP contribution < -0.4 is 4.74 Å². The smallest absolute Gasteiger partial charge is 0.348 e. The summed E-state index contributed by atoms with van der Waals surface area (Å²) in [5, 5.41) is 0.667. The Hall–Kier alpha value is -3.00. The van der Waals surface area contributed by atoms with Gasteiger partial charge in [-0.05, 0) is 50.6 Å². The summed E-state index contributed by atoms with van der Waals surface area (Å²) in [5.41, 5.74) is 1.15. The number of aryl methyl sites for hydroxylation is 2. The van der Waals surface area contributed by atoms with Crippen molar-refractivity contribution >= 4 is 33.5 Å². The fourth-order valence-corrected chi connectivity index (χ4v) is 3.69. The number of hydrogen-bond donors (Lipinski definition) is 0. The average molecular weight is 386 g/mol. The molecule has 2 heterocycles. The molecule has 8 heteroatoms. The fraction of sp³-hybridized carbons (Fsp3) is 0.263. The third-order valence-corrected chi connectivity index (χ3v) is 4.99. The van der Waals surface area contributed by atoms with E-state index in [4.69, 9.17) is 14.2 Å². The molecule has 7 nitrogen and oxygen atoms in total. The number of nitrogens with zero attached hydrogens (tertiary/aromatic N) is 2. The van der Waals surface area contributed by atoms with Crippen LogP contribution in [0.25, 0.3) is 10.2 Å². The van der Waals surface area contributed by atoms with E-state index in [0.717, 1.165) is 0 Å². The molecule has 0 saturated carbocycles. The van der Waals surface area contributed by atoms with Crippen molar-refractivity contribution in [3.05, 3.63) is 46.1 Å². The molecule has 0 aliphatic rings. The minimum Gasteiger partial charge on any atom is -0.465 e. The summed E-state index contributed by atoms with van der Waals surface area (Å²) in [6.07, 6.45) is 0. The van der Waals surface area contributed by atoms with Gasteiger partial charge in [-0.15, -0.1) is 11.3 Å². The maximum absolute atomic E-state index is 12.0. The van der Waals surface area contributed by atoms with Crippen LogP contribution in [0.3, 0.4) is 0 Å². The molecule has 1 aromatic carbocycles. The molecule has 0 aliphatic heterocycles. The Morgan fingerprint density at radius 2 is 1.78 bits per heavy atom. The summed E-state index contributed by atoms with van der Waals surface area (Å²) in [5.74, 6) is 0.579. The fourth-order valence-electron chi connectivity index (χ4n) is 2.55. The number of aromatic nitrogens is 2. The molecular formula is C19H18N2O5S. The minimum absolute atomic E-state index is 0.315. The molecular weight excluding hydrogens is 368 g/mol. The van der Waals surface area contributed by atoms with Crippen LogP contribution in [0, 0.1) is 13.8 Å². The summed E-state index contributed by atoms with van der Waals surface area (Å²) >= 11 is 1.24. The first kappa shape index (κ1) is 18.8. The van der Waals surface area contributed by atoms with Crippen molar-refractivity contribution in [2.45, 2.75) is 20.8 Å². The number of thiophene rings is 1. The Kier molecular flexibility index (Phi) is 5.36. The lowest BCUT2D eigenvalue weighted by molar-refractivity contribution is 0.0525. The number of carbonyl (C=O) groups excluding carboxylic acids is 2. The van der Waals surface area contributed by atoms with Gasteiger partial charge in [-0.1, -0.05) is 0 Å². The van der Waals surface area contributed by atoms with Crippen molar-refractivity contribution in [2.75, 3.05) is 13.7 Å². The molecule has 0 bridgehead atoms. The molecule has 0 spiro atoms. The van der Waals surface area contributed by atoms with Crippen molar-refractivity contribution in [1.29, 1.82) is 0 Å². The molecule has 0 atom stereocenters. The lowest BCUT2D eigenvalue weighted by atomic mass is 10.2. The molecule has 0 fully saturated rings. The van der Waals surface area contributed by atoms with Gasteiger partial charge in [0, 0.05) is 0 Å². The van der Waals surface area contributed by atoms with Crippen LogP contribution >= 0.6 is 11.3 Å². The van der Waals surface area contributed by atoms with Crippen molar-refractivity contribution in [2.24, 2.45) is 0 Å². The van der Waals surface area contributed by atoms with Crippen LogP contribution in [0.2, 0.25) is 0 Å². The topological polar surface area (TPSA) is 87.6 Å². The second-order valence-electron chi connectivity index (χ2n) is 5.65.